The van der Waals surface area contributed by atoms with Gasteiger partial charge in [-0.25, -0.2) is 0 Å². The molecule has 0 bridgehead atoms. The fourth-order valence-electron chi connectivity index (χ4n) is 2.47. The molecule has 1 aliphatic rings. The summed E-state index contributed by atoms with van der Waals surface area (Å²) >= 11 is 6.02. The molecule has 3 heteroatoms. The second kappa shape index (κ2) is 4.87. The van der Waals surface area contributed by atoms with Crippen LogP contribution >= 0.6 is 11.6 Å². The van der Waals surface area contributed by atoms with Crippen molar-refractivity contribution >= 4 is 11.6 Å². The Hall–Kier alpha value is -1.51. The number of halogens is 1. The molecule has 1 aliphatic heterocycles. The maximum Gasteiger partial charge on any atom is 0.128 e. The Labute approximate surface area is 117 Å². The first-order chi connectivity index (χ1) is 9.16. The third-order valence-corrected chi connectivity index (χ3v) is 3.96. The Kier molecular flexibility index (Phi) is 3.21. The fraction of sp³-hybridized carbons (Fsp3) is 0.250. The molecule has 0 spiro atoms. The van der Waals surface area contributed by atoms with Crippen molar-refractivity contribution in [3.63, 3.8) is 0 Å². The van der Waals surface area contributed by atoms with E-state index in [0.717, 1.165) is 28.9 Å². The van der Waals surface area contributed by atoms with Crippen LogP contribution in [-0.4, -0.2) is 11.7 Å². The van der Waals surface area contributed by atoms with Gasteiger partial charge in [-0.1, -0.05) is 41.9 Å². The summed E-state index contributed by atoms with van der Waals surface area (Å²) < 4.78 is 5.64. The van der Waals surface area contributed by atoms with Crippen molar-refractivity contribution < 1.29 is 9.84 Å². The van der Waals surface area contributed by atoms with Crippen molar-refractivity contribution in [3.05, 3.63) is 63.7 Å². The number of aliphatic hydroxyl groups is 1. The molecule has 0 aromatic heterocycles. The first-order valence-electron chi connectivity index (χ1n) is 6.35. The van der Waals surface area contributed by atoms with E-state index in [4.69, 9.17) is 16.3 Å². The van der Waals surface area contributed by atoms with Gasteiger partial charge in [0.05, 0.1) is 6.61 Å². The minimum absolute atomic E-state index is 0.677. The SMILES string of the molecule is Cc1cc(C(O)c2cccc3c2OCC3)ccc1Cl. The summed E-state index contributed by atoms with van der Waals surface area (Å²) in [4.78, 5) is 0. The average molecular weight is 275 g/mol. The lowest BCUT2D eigenvalue weighted by Crippen LogP contribution is -2.02. The van der Waals surface area contributed by atoms with Crippen molar-refractivity contribution in [1.82, 2.24) is 0 Å². The normalized spacial score (nSPS) is 14.9. The van der Waals surface area contributed by atoms with Crippen molar-refractivity contribution in [1.29, 1.82) is 0 Å². The number of fused-ring (bicyclic) bond motifs is 1. The van der Waals surface area contributed by atoms with Gasteiger partial charge in [-0.15, -0.1) is 0 Å². The highest BCUT2D eigenvalue weighted by molar-refractivity contribution is 6.31. The van der Waals surface area contributed by atoms with Crippen LogP contribution in [0, 0.1) is 6.92 Å². The molecular weight excluding hydrogens is 260 g/mol. The van der Waals surface area contributed by atoms with Crippen LogP contribution in [-0.2, 0) is 6.42 Å². The van der Waals surface area contributed by atoms with Crippen LogP contribution in [0.1, 0.15) is 28.4 Å². The highest BCUT2D eigenvalue weighted by Crippen LogP contribution is 2.36. The van der Waals surface area contributed by atoms with Gasteiger partial charge >= 0.3 is 0 Å². The number of benzene rings is 2. The largest absolute Gasteiger partial charge is 0.493 e. The topological polar surface area (TPSA) is 29.5 Å². The number of para-hydroxylation sites is 1. The molecule has 19 heavy (non-hydrogen) atoms. The molecule has 1 atom stereocenters. The third kappa shape index (κ3) is 2.22. The lowest BCUT2D eigenvalue weighted by Gasteiger charge is -2.15. The number of rotatable bonds is 2. The van der Waals surface area contributed by atoms with Gasteiger partial charge in [0.2, 0.25) is 0 Å². The van der Waals surface area contributed by atoms with E-state index in [1.165, 1.54) is 5.56 Å². The number of aryl methyl sites for hydroxylation is 1. The Morgan fingerprint density at radius 2 is 2.11 bits per heavy atom. The Bertz CT molecular complexity index is 622. The second-order valence-electron chi connectivity index (χ2n) is 4.85. The van der Waals surface area contributed by atoms with E-state index >= 15 is 0 Å². The summed E-state index contributed by atoms with van der Waals surface area (Å²) in [5.41, 5.74) is 3.80. The van der Waals surface area contributed by atoms with Crippen molar-refractivity contribution in [3.8, 4) is 5.75 Å². The van der Waals surface area contributed by atoms with Crippen LogP contribution in [0.3, 0.4) is 0 Å². The molecule has 0 aliphatic carbocycles. The molecule has 1 N–H and O–H groups in total. The van der Waals surface area contributed by atoms with Gasteiger partial charge in [0.1, 0.15) is 11.9 Å². The maximum atomic E-state index is 10.5. The minimum Gasteiger partial charge on any atom is -0.493 e. The van der Waals surface area contributed by atoms with Gasteiger partial charge in [0.25, 0.3) is 0 Å². The predicted molar refractivity (Wildman–Crippen MR) is 75.9 cm³/mol. The van der Waals surface area contributed by atoms with E-state index in [2.05, 4.69) is 0 Å². The molecule has 0 fully saturated rings. The van der Waals surface area contributed by atoms with E-state index < -0.39 is 6.10 Å². The molecule has 1 unspecified atom stereocenters. The first kappa shape index (κ1) is 12.5. The Morgan fingerprint density at radius 1 is 1.26 bits per heavy atom. The quantitative estimate of drug-likeness (QED) is 0.905. The van der Waals surface area contributed by atoms with Gasteiger partial charge in [0.15, 0.2) is 0 Å². The number of hydrogen-bond donors (Lipinski definition) is 1. The average Bonchev–Trinajstić information content (AvgIpc) is 2.89. The zero-order valence-electron chi connectivity index (χ0n) is 10.7. The van der Waals surface area contributed by atoms with E-state index in [1.807, 2.05) is 43.3 Å². The van der Waals surface area contributed by atoms with Gasteiger partial charge in [0, 0.05) is 17.0 Å². The standard InChI is InChI=1S/C16H15ClO2/c1-10-9-12(5-6-14(10)17)15(18)13-4-2-3-11-7-8-19-16(11)13/h2-6,9,15,18H,7-8H2,1H3. The first-order valence-corrected chi connectivity index (χ1v) is 6.73. The molecule has 98 valence electrons. The number of hydrogen-bond acceptors (Lipinski definition) is 2. The lowest BCUT2D eigenvalue weighted by atomic mass is 9.97. The molecule has 0 radical (unpaired) electrons. The molecule has 0 saturated heterocycles. The van der Waals surface area contributed by atoms with Crippen LogP contribution < -0.4 is 4.74 Å². The molecular formula is C16H15ClO2. The van der Waals surface area contributed by atoms with Crippen LogP contribution in [0.2, 0.25) is 5.02 Å². The lowest BCUT2D eigenvalue weighted by molar-refractivity contribution is 0.213. The molecule has 2 aromatic rings. The second-order valence-corrected chi connectivity index (χ2v) is 5.25. The van der Waals surface area contributed by atoms with Gasteiger partial charge in [-0.05, 0) is 29.7 Å². The summed E-state index contributed by atoms with van der Waals surface area (Å²) in [6, 6.07) is 11.5. The summed E-state index contributed by atoms with van der Waals surface area (Å²) in [5, 5.41) is 11.3. The van der Waals surface area contributed by atoms with Crippen LogP contribution in [0.5, 0.6) is 5.75 Å². The van der Waals surface area contributed by atoms with E-state index in [-0.39, 0.29) is 0 Å². The predicted octanol–water partition coefficient (Wildman–Crippen LogP) is 3.67. The maximum absolute atomic E-state index is 10.5. The Morgan fingerprint density at radius 3 is 2.89 bits per heavy atom. The molecule has 2 aromatic carbocycles. The fourth-order valence-corrected chi connectivity index (χ4v) is 2.59. The smallest absolute Gasteiger partial charge is 0.128 e. The molecule has 3 rings (SSSR count). The van der Waals surface area contributed by atoms with Gasteiger partial charge < -0.3 is 9.84 Å². The van der Waals surface area contributed by atoms with Crippen molar-refractivity contribution in [2.45, 2.75) is 19.4 Å². The molecule has 0 saturated carbocycles. The number of aliphatic hydroxyl groups excluding tert-OH is 1. The monoisotopic (exact) mass is 274 g/mol. The summed E-state index contributed by atoms with van der Waals surface area (Å²) in [6.07, 6.45) is 0.235. The van der Waals surface area contributed by atoms with Crippen molar-refractivity contribution in [2.24, 2.45) is 0 Å². The number of ether oxygens (including phenoxy) is 1. The highest BCUT2D eigenvalue weighted by atomic mass is 35.5. The Balaban J connectivity index is 2.02. The van der Waals surface area contributed by atoms with Gasteiger partial charge in [-0.2, -0.15) is 0 Å². The van der Waals surface area contributed by atoms with E-state index in [0.29, 0.717) is 11.6 Å². The van der Waals surface area contributed by atoms with Crippen LogP contribution in [0.4, 0.5) is 0 Å². The minimum atomic E-state index is -0.677. The molecule has 0 amide bonds. The zero-order chi connectivity index (χ0) is 13.4. The summed E-state index contributed by atoms with van der Waals surface area (Å²) in [7, 11) is 0. The van der Waals surface area contributed by atoms with Crippen molar-refractivity contribution in [2.75, 3.05) is 6.61 Å². The van der Waals surface area contributed by atoms with Crippen LogP contribution in [0.25, 0.3) is 0 Å². The molecule has 2 nitrogen and oxygen atoms in total. The van der Waals surface area contributed by atoms with E-state index in [1.54, 1.807) is 0 Å². The van der Waals surface area contributed by atoms with E-state index in [9.17, 15) is 5.11 Å². The summed E-state index contributed by atoms with van der Waals surface area (Å²) in [6.45, 7) is 2.63. The third-order valence-electron chi connectivity index (χ3n) is 3.54. The summed E-state index contributed by atoms with van der Waals surface area (Å²) in [5.74, 6) is 0.836. The molecule has 1 heterocycles. The zero-order valence-corrected chi connectivity index (χ0v) is 11.4. The van der Waals surface area contributed by atoms with Crippen LogP contribution in [0.15, 0.2) is 36.4 Å². The highest BCUT2D eigenvalue weighted by Gasteiger charge is 2.21. The van der Waals surface area contributed by atoms with Gasteiger partial charge in [-0.3, -0.25) is 0 Å².